The fourth-order valence-corrected chi connectivity index (χ4v) is 3.20. The summed E-state index contributed by atoms with van der Waals surface area (Å²) in [5.74, 6) is -0.905. The smallest absolute Gasteiger partial charge is 0.305 e. The van der Waals surface area contributed by atoms with Crippen LogP contribution in [-0.4, -0.2) is 23.5 Å². The van der Waals surface area contributed by atoms with Crippen molar-refractivity contribution >= 4 is 11.9 Å². The van der Waals surface area contributed by atoms with Gasteiger partial charge in [-0.2, -0.15) is 0 Å². The highest BCUT2D eigenvalue weighted by Gasteiger charge is 2.40. The summed E-state index contributed by atoms with van der Waals surface area (Å²) in [5, 5.41) is 11.5. The molecule has 1 fully saturated rings. The number of aryl methyl sites for hydroxylation is 1. The van der Waals surface area contributed by atoms with Gasteiger partial charge in [0.05, 0.1) is 11.8 Å². The van der Waals surface area contributed by atoms with E-state index >= 15 is 0 Å². The topological polar surface area (TPSA) is 66.4 Å². The Hall–Kier alpha value is -1.84. The van der Waals surface area contributed by atoms with E-state index in [-0.39, 0.29) is 18.9 Å². The predicted molar refractivity (Wildman–Crippen MR) is 81.2 cm³/mol. The summed E-state index contributed by atoms with van der Waals surface area (Å²) in [6, 6.07) is 8.13. The monoisotopic (exact) mass is 289 g/mol. The minimum Gasteiger partial charge on any atom is -0.481 e. The zero-order valence-corrected chi connectivity index (χ0v) is 12.5. The van der Waals surface area contributed by atoms with E-state index in [0.29, 0.717) is 0 Å². The van der Waals surface area contributed by atoms with Crippen LogP contribution < -0.4 is 5.32 Å². The quantitative estimate of drug-likeness (QED) is 0.876. The SMILES string of the molecule is Cc1cccc(C2(C(=O)NCCC(=O)O)CCCCC2)c1. The molecule has 0 unspecified atom stereocenters. The lowest BCUT2D eigenvalue weighted by molar-refractivity contribution is -0.137. The first-order valence-corrected chi connectivity index (χ1v) is 7.62. The number of carbonyl (C=O) groups excluding carboxylic acids is 1. The van der Waals surface area contributed by atoms with E-state index in [9.17, 15) is 9.59 Å². The van der Waals surface area contributed by atoms with Crippen LogP contribution in [-0.2, 0) is 15.0 Å². The third-order valence-corrected chi connectivity index (χ3v) is 4.34. The largest absolute Gasteiger partial charge is 0.481 e. The van der Waals surface area contributed by atoms with Crippen LogP contribution in [0.5, 0.6) is 0 Å². The molecule has 21 heavy (non-hydrogen) atoms. The van der Waals surface area contributed by atoms with Gasteiger partial charge >= 0.3 is 5.97 Å². The Morgan fingerprint density at radius 3 is 2.57 bits per heavy atom. The van der Waals surface area contributed by atoms with Gasteiger partial charge in [0.25, 0.3) is 0 Å². The molecule has 0 bridgehead atoms. The third-order valence-electron chi connectivity index (χ3n) is 4.34. The van der Waals surface area contributed by atoms with Gasteiger partial charge in [0, 0.05) is 6.54 Å². The van der Waals surface area contributed by atoms with Crippen molar-refractivity contribution in [1.29, 1.82) is 0 Å². The summed E-state index contributed by atoms with van der Waals surface area (Å²) in [6.07, 6.45) is 4.90. The number of carboxylic acid groups (broad SMARTS) is 1. The second-order valence-electron chi connectivity index (χ2n) is 5.91. The summed E-state index contributed by atoms with van der Waals surface area (Å²) in [7, 11) is 0. The minimum atomic E-state index is -0.886. The average Bonchev–Trinajstić information content (AvgIpc) is 2.47. The molecule has 4 nitrogen and oxygen atoms in total. The second kappa shape index (κ2) is 6.74. The molecule has 1 amide bonds. The Kier molecular flexibility index (Phi) is 4.99. The Morgan fingerprint density at radius 2 is 1.95 bits per heavy atom. The molecule has 1 aliphatic rings. The Balaban J connectivity index is 2.20. The van der Waals surface area contributed by atoms with Crippen LogP contribution in [0, 0.1) is 6.92 Å². The van der Waals surface area contributed by atoms with E-state index in [0.717, 1.165) is 43.2 Å². The number of benzene rings is 1. The van der Waals surface area contributed by atoms with Gasteiger partial charge in [-0.05, 0) is 25.3 Å². The average molecular weight is 289 g/mol. The maximum atomic E-state index is 12.7. The summed E-state index contributed by atoms with van der Waals surface area (Å²) < 4.78 is 0. The summed E-state index contributed by atoms with van der Waals surface area (Å²) >= 11 is 0. The van der Waals surface area contributed by atoms with Gasteiger partial charge in [-0.15, -0.1) is 0 Å². The standard InChI is InChI=1S/C17H23NO3/c1-13-6-5-7-14(12-13)17(9-3-2-4-10-17)16(21)18-11-8-15(19)20/h5-7,12H,2-4,8-11H2,1H3,(H,18,21)(H,19,20). The molecule has 114 valence electrons. The van der Waals surface area contributed by atoms with Crippen LogP contribution in [0.2, 0.25) is 0 Å². The van der Waals surface area contributed by atoms with Gasteiger partial charge in [-0.25, -0.2) is 0 Å². The summed E-state index contributed by atoms with van der Waals surface area (Å²) in [5.41, 5.74) is 1.73. The number of amides is 1. The van der Waals surface area contributed by atoms with Crippen LogP contribution in [0.25, 0.3) is 0 Å². The number of carbonyl (C=O) groups is 2. The molecule has 0 aliphatic heterocycles. The highest BCUT2D eigenvalue weighted by Crippen LogP contribution is 2.40. The number of hydrogen-bond donors (Lipinski definition) is 2. The summed E-state index contributed by atoms with van der Waals surface area (Å²) in [4.78, 5) is 23.3. The lowest BCUT2D eigenvalue weighted by atomic mass is 9.68. The van der Waals surface area contributed by atoms with Gasteiger partial charge in [0.15, 0.2) is 0 Å². The lowest BCUT2D eigenvalue weighted by Crippen LogP contribution is -2.46. The molecule has 1 aromatic rings. The van der Waals surface area contributed by atoms with Gasteiger partial charge in [-0.3, -0.25) is 9.59 Å². The zero-order valence-electron chi connectivity index (χ0n) is 12.5. The molecule has 0 radical (unpaired) electrons. The van der Waals surface area contributed by atoms with Gasteiger partial charge in [0.2, 0.25) is 5.91 Å². The molecule has 2 N–H and O–H groups in total. The number of aliphatic carboxylic acids is 1. The maximum absolute atomic E-state index is 12.7. The number of nitrogens with one attached hydrogen (secondary N) is 1. The first-order chi connectivity index (χ1) is 10.0. The third kappa shape index (κ3) is 3.63. The van der Waals surface area contributed by atoms with E-state index in [1.165, 1.54) is 0 Å². The molecular formula is C17H23NO3. The van der Waals surface area contributed by atoms with Crippen molar-refractivity contribution in [2.45, 2.75) is 50.9 Å². The Bertz CT molecular complexity index is 519. The molecule has 1 saturated carbocycles. The van der Waals surface area contributed by atoms with Gasteiger partial charge in [-0.1, -0.05) is 49.1 Å². The molecule has 0 saturated heterocycles. The van der Waals surface area contributed by atoms with E-state index < -0.39 is 11.4 Å². The number of rotatable bonds is 5. The highest BCUT2D eigenvalue weighted by atomic mass is 16.4. The first kappa shape index (κ1) is 15.5. The zero-order chi connectivity index (χ0) is 15.3. The van der Waals surface area contributed by atoms with Crippen molar-refractivity contribution in [3.8, 4) is 0 Å². The normalized spacial score (nSPS) is 17.2. The van der Waals surface area contributed by atoms with Gasteiger partial charge < -0.3 is 10.4 Å². The van der Waals surface area contributed by atoms with Crippen molar-refractivity contribution in [1.82, 2.24) is 5.32 Å². The molecule has 1 aromatic carbocycles. The van der Waals surface area contributed by atoms with Crippen molar-refractivity contribution in [3.05, 3.63) is 35.4 Å². The first-order valence-electron chi connectivity index (χ1n) is 7.62. The maximum Gasteiger partial charge on any atom is 0.305 e. The van der Waals surface area contributed by atoms with Crippen molar-refractivity contribution in [2.24, 2.45) is 0 Å². The fourth-order valence-electron chi connectivity index (χ4n) is 3.20. The van der Waals surface area contributed by atoms with Crippen LogP contribution in [0.15, 0.2) is 24.3 Å². The van der Waals surface area contributed by atoms with E-state index in [1.807, 2.05) is 25.1 Å². The molecule has 1 aliphatic carbocycles. The molecule has 2 rings (SSSR count). The number of carboxylic acids is 1. The molecule has 0 heterocycles. The van der Waals surface area contributed by atoms with Crippen molar-refractivity contribution in [2.75, 3.05) is 6.54 Å². The summed E-state index contributed by atoms with van der Waals surface area (Å²) in [6.45, 7) is 2.23. The van der Waals surface area contributed by atoms with Crippen molar-refractivity contribution in [3.63, 3.8) is 0 Å². The lowest BCUT2D eigenvalue weighted by Gasteiger charge is -2.36. The van der Waals surface area contributed by atoms with Crippen molar-refractivity contribution < 1.29 is 14.7 Å². The molecule has 0 atom stereocenters. The van der Waals surface area contributed by atoms with E-state index in [1.54, 1.807) is 0 Å². The van der Waals surface area contributed by atoms with E-state index in [4.69, 9.17) is 5.11 Å². The number of hydrogen-bond acceptors (Lipinski definition) is 2. The van der Waals surface area contributed by atoms with E-state index in [2.05, 4.69) is 11.4 Å². The molecular weight excluding hydrogens is 266 g/mol. The highest BCUT2D eigenvalue weighted by molar-refractivity contribution is 5.88. The molecule has 0 aromatic heterocycles. The van der Waals surface area contributed by atoms with Crippen LogP contribution in [0.1, 0.15) is 49.7 Å². The van der Waals surface area contributed by atoms with Crippen LogP contribution in [0.3, 0.4) is 0 Å². The van der Waals surface area contributed by atoms with Gasteiger partial charge in [0.1, 0.15) is 0 Å². The minimum absolute atomic E-state index is 0.0194. The molecule has 0 spiro atoms. The van der Waals surface area contributed by atoms with Crippen LogP contribution in [0.4, 0.5) is 0 Å². The predicted octanol–water partition coefficient (Wildman–Crippen LogP) is 2.79. The molecule has 4 heteroatoms. The Morgan fingerprint density at radius 1 is 1.24 bits per heavy atom. The Labute approximate surface area is 125 Å². The van der Waals surface area contributed by atoms with Crippen LogP contribution >= 0.6 is 0 Å². The second-order valence-corrected chi connectivity index (χ2v) is 5.91. The fraction of sp³-hybridized carbons (Fsp3) is 0.529.